The van der Waals surface area contributed by atoms with E-state index in [9.17, 15) is 5.11 Å². The van der Waals surface area contributed by atoms with Crippen LogP contribution < -0.4 is 6.05 Å². The first kappa shape index (κ1) is 18.7. The van der Waals surface area contributed by atoms with Gasteiger partial charge in [-0.15, -0.1) is 0 Å². The quantitative estimate of drug-likeness (QED) is 0.253. The zero-order chi connectivity index (χ0) is 16.2. The van der Waals surface area contributed by atoms with Crippen LogP contribution >= 0.6 is 46.7 Å². The minimum atomic E-state index is -0.997. The summed E-state index contributed by atoms with van der Waals surface area (Å²) < 4.78 is 9.53. The molecule has 2 aromatic rings. The number of hydrogen-bond acceptors (Lipinski definition) is 9. The zero-order valence-electron chi connectivity index (χ0n) is 12.3. The average Bonchev–Trinajstić information content (AvgIpc) is 3.07. The van der Waals surface area contributed by atoms with E-state index in [4.69, 9.17) is 17.0 Å². The molecule has 0 aliphatic heterocycles. The number of aromatic amines is 1. The molecule has 0 amide bonds. The van der Waals surface area contributed by atoms with Crippen molar-refractivity contribution in [3.8, 4) is 0 Å². The molecule has 0 aliphatic carbocycles. The van der Waals surface area contributed by atoms with Crippen molar-refractivity contribution in [2.24, 2.45) is 5.41 Å². The van der Waals surface area contributed by atoms with Crippen molar-refractivity contribution in [3.63, 3.8) is 0 Å². The zero-order valence-corrected chi connectivity index (χ0v) is 18.4. The Kier molecular flexibility index (Phi) is 7.23. The van der Waals surface area contributed by atoms with E-state index in [1.165, 1.54) is 11.3 Å². The fourth-order valence-corrected chi connectivity index (χ4v) is 10.4. The van der Waals surface area contributed by atoms with Gasteiger partial charge in [0.15, 0.2) is 0 Å². The molecule has 0 aromatic carbocycles. The maximum absolute atomic E-state index is 9.23. The van der Waals surface area contributed by atoms with Crippen LogP contribution in [0, 0.1) is 9.37 Å². The molecule has 118 valence electrons. The first-order valence-electron chi connectivity index (χ1n) is 6.43. The van der Waals surface area contributed by atoms with Gasteiger partial charge in [-0.1, -0.05) is 0 Å². The van der Waals surface area contributed by atoms with Crippen molar-refractivity contribution >= 4 is 73.8 Å². The number of thioether (sulfide) groups is 1. The number of aliphatic hydroxyl groups excluding tert-OH is 1. The second-order valence-corrected chi connectivity index (χ2v) is 14.9. The first-order valence-corrected chi connectivity index (χ1v) is 12.2. The first-order chi connectivity index (χ1) is 10.4. The molecule has 0 radical (unpaired) electrons. The predicted molar refractivity (Wildman–Crippen MR) is 94.4 cm³/mol. The molecule has 1 atom stereocenters. The number of hydrogen-bond donors (Lipinski definition) is 2. The standard InChI is InChI=1S/C9H15N2O2S2.C2HN2S2.Sn/c1-7(13-5-9(2,3)4-12)15-8-11-10-6-14-8;5-2-4-3-1-6-2;/h7,12H,4-5H2,1-3H3;(H,4,5);/q;;+2. The third-order valence-corrected chi connectivity index (χ3v) is 10.1. The molecular formula is C11H16N4O2S4Sn+2. The van der Waals surface area contributed by atoms with E-state index in [1.807, 2.05) is 20.8 Å². The van der Waals surface area contributed by atoms with E-state index in [1.54, 1.807) is 23.1 Å². The third-order valence-electron chi connectivity index (χ3n) is 2.46. The van der Waals surface area contributed by atoms with E-state index >= 15 is 0 Å². The van der Waals surface area contributed by atoms with E-state index in [0.29, 0.717) is 10.6 Å². The molecule has 1 unspecified atom stereocenters. The number of aromatic nitrogens is 4. The number of rotatable bonds is 8. The molecular weight excluding hydrogens is 467 g/mol. The molecule has 2 aromatic heterocycles. The molecule has 0 aliphatic rings. The number of aliphatic hydroxyl groups is 1. The fourth-order valence-electron chi connectivity index (χ4n) is 1.25. The monoisotopic (exact) mass is 484 g/mol. The van der Waals surface area contributed by atoms with E-state index in [-0.39, 0.29) is 17.5 Å². The van der Waals surface area contributed by atoms with Crippen LogP contribution in [-0.4, -0.2) is 65.3 Å². The van der Waals surface area contributed by atoms with E-state index in [2.05, 4.69) is 20.4 Å². The van der Waals surface area contributed by atoms with E-state index in [0.717, 1.165) is 10.4 Å². The number of nitrogens with one attached hydrogen (secondary N) is 1. The topological polar surface area (TPSA) is 83.9 Å². The van der Waals surface area contributed by atoms with Gasteiger partial charge in [-0.2, -0.15) is 0 Å². The normalized spacial score (nSPS) is 13.1. The molecule has 22 heavy (non-hydrogen) atoms. The second-order valence-electron chi connectivity index (χ2n) is 5.24. The van der Waals surface area contributed by atoms with Crippen LogP contribution in [0.3, 0.4) is 0 Å². The minimum absolute atomic E-state index is 0.0236. The Morgan fingerprint density at radius 2 is 2.18 bits per heavy atom. The van der Waals surface area contributed by atoms with Crippen LogP contribution in [0.25, 0.3) is 0 Å². The van der Waals surface area contributed by atoms with Gasteiger partial charge >= 0.3 is 157 Å². The van der Waals surface area contributed by atoms with Gasteiger partial charge < -0.3 is 0 Å². The van der Waals surface area contributed by atoms with Gasteiger partial charge in [0, 0.05) is 0 Å². The van der Waals surface area contributed by atoms with Crippen molar-refractivity contribution in [3.05, 3.63) is 3.95 Å². The van der Waals surface area contributed by atoms with Crippen LogP contribution in [0.15, 0.2) is 4.34 Å². The van der Waals surface area contributed by atoms with Crippen molar-refractivity contribution in [2.75, 3.05) is 13.2 Å². The summed E-state index contributed by atoms with van der Waals surface area (Å²) in [5.41, 5.74) is -0.247. The Morgan fingerprint density at radius 3 is 2.82 bits per heavy atom. The van der Waals surface area contributed by atoms with Gasteiger partial charge in [-0.3, -0.25) is 0 Å². The fraction of sp³-hybridized carbons (Fsp3) is 0.636. The van der Waals surface area contributed by atoms with Crippen LogP contribution in [0.4, 0.5) is 0 Å². The van der Waals surface area contributed by atoms with Crippen LogP contribution in [-0.2, 0) is 4.74 Å². The molecule has 0 fully saturated rings. The second kappa shape index (κ2) is 8.49. The SMILES string of the molecule is CC(OCC(C)(C)CO)Sc1nn[c]([Sn+2][c]2n[nH]c(=S)s2)s1. The number of H-pyrrole nitrogens is 1. The molecule has 11 heteroatoms. The van der Waals surface area contributed by atoms with Crippen LogP contribution in [0.1, 0.15) is 20.8 Å². The van der Waals surface area contributed by atoms with Gasteiger partial charge in [0.2, 0.25) is 0 Å². The van der Waals surface area contributed by atoms with Crippen LogP contribution in [0.2, 0.25) is 0 Å². The molecule has 0 saturated carbocycles. The molecule has 6 nitrogen and oxygen atoms in total. The molecule has 2 rings (SSSR count). The average molecular weight is 483 g/mol. The summed E-state index contributed by atoms with van der Waals surface area (Å²) >= 11 is 8.73. The van der Waals surface area contributed by atoms with Gasteiger partial charge in [-0.25, -0.2) is 0 Å². The van der Waals surface area contributed by atoms with Gasteiger partial charge in [0.25, 0.3) is 0 Å². The predicted octanol–water partition coefficient (Wildman–Crippen LogP) is 1.18. The summed E-state index contributed by atoms with van der Waals surface area (Å²) in [7, 11) is 0. The van der Waals surface area contributed by atoms with Crippen molar-refractivity contribution in [1.82, 2.24) is 20.4 Å². The van der Waals surface area contributed by atoms with Gasteiger partial charge in [0.1, 0.15) is 0 Å². The Morgan fingerprint density at radius 1 is 1.41 bits per heavy atom. The number of nitrogens with zero attached hydrogens (tertiary/aromatic N) is 3. The third kappa shape index (κ3) is 6.13. The van der Waals surface area contributed by atoms with Crippen LogP contribution in [0.5, 0.6) is 0 Å². The summed E-state index contributed by atoms with van der Waals surface area (Å²) in [5, 5.41) is 24.7. The maximum atomic E-state index is 9.23. The summed E-state index contributed by atoms with van der Waals surface area (Å²) in [5.74, 6) is 0. The van der Waals surface area contributed by atoms with Crippen molar-refractivity contribution < 1.29 is 9.84 Å². The Labute approximate surface area is 156 Å². The van der Waals surface area contributed by atoms with Gasteiger partial charge in [-0.05, 0) is 0 Å². The van der Waals surface area contributed by atoms with Crippen molar-refractivity contribution in [2.45, 2.75) is 30.5 Å². The summed E-state index contributed by atoms with van der Waals surface area (Å²) in [4.78, 5) is 0. The Balaban J connectivity index is 1.85. The summed E-state index contributed by atoms with van der Waals surface area (Å²) in [6, 6.07) is 0. The van der Waals surface area contributed by atoms with E-state index < -0.39 is 21.1 Å². The van der Waals surface area contributed by atoms with Crippen molar-refractivity contribution in [1.29, 1.82) is 0 Å². The molecule has 0 spiro atoms. The summed E-state index contributed by atoms with van der Waals surface area (Å²) in [6.07, 6.45) is 0. The number of ether oxygens (including phenoxy) is 1. The Hall–Kier alpha value is 0.409. The molecule has 2 N–H and O–H groups in total. The van der Waals surface area contributed by atoms with Gasteiger partial charge in [0.05, 0.1) is 0 Å². The molecule has 0 saturated heterocycles. The summed E-state index contributed by atoms with van der Waals surface area (Å²) in [6.45, 7) is 6.54. The molecule has 0 bridgehead atoms. The molecule has 2 heterocycles. The Bertz CT molecular complexity index is 656.